The molecule has 4 heteroatoms. The molecule has 1 atom stereocenters. The standard InChI is InChI=1S/C28H26BrNO2/c1-5-18(3)22-8-6-7-9-26(22)32-28(31)24-16-25(20-10-12-21(29)13-11-20)30-27-19(4)14-17(2)15-23(24)27/h6-16,18H,5H2,1-4H3. The van der Waals surface area contributed by atoms with E-state index in [1.807, 2.05) is 74.5 Å². The number of nitrogens with zero attached hydrogens (tertiary/aromatic N) is 1. The van der Waals surface area contributed by atoms with Crippen LogP contribution in [-0.4, -0.2) is 11.0 Å². The van der Waals surface area contributed by atoms with Gasteiger partial charge in [0.2, 0.25) is 0 Å². The molecule has 0 N–H and O–H groups in total. The number of fused-ring (bicyclic) bond motifs is 1. The molecule has 0 saturated carbocycles. The van der Waals surface area contributed by atoms with E-state index in [1.54, 1.807) is 0 Å². The van der Waals surface area contributed by atoms with Crippen molar-refractivity contribution in [2.24, 2.45) is 0 Å². The van der Waals surface area contributed by atoms with Crippen LogP contribution in [0.15, 0.2) is 71.2 Å². The number of aryl methyl sites for hydroxylation is 2. The molecule has 0 fully saturated rings. The number of ether oxygens (including phenoxy) is 1. The van der Waals surface area contributed by atoms with E-state index in [0.29, 0.717) is 17.2 Å². The second-order valence-corrected chi connectivity index (χ2v) is 9.19. The Kier molecular flexibility index (Phi) is 6.43. The number of rotatable bonds is 5. The molecule has 0 spiro atoms. The molecule has 4 rings (SSSR count). The van der Waals surface area contributed by atoms with Gasteiger partial charge in [-0.25, -0.2) is 9.78 Å². The molecule has 0 bridgehead atoms. The van der Waals surface area contributed by atoms with E-state index in [-0.39, 0.29) is 5.97 Å². The summed E-state index contributed by atoms with van der Waals surface area (Å²) in [4.78, 5) is 18.4. The maximum atomic E-state index is 13.5. The van der Waals surface area contributed by atoms with Crippen LogP contribution in [0.25, 0.3) is 22.2 Å². The summed E-state index contributed by atoms with van der Waals surface area (Å²) in [5, 5.41) is 0.814. The largest absolute Gasteiger partial charge is 0.423 e. The lowest BCUT2D eigenvalue weighted by Gasteiger charge is -2.16. The van der Waals surface area contributed by atoms with Gasteiger partial charge in [0.15, 0.2) is 0 Å². The summed E-state index contributed by atoms with van der Waals surface area (Å²) in [6, 6.07) is 21.7. The topological polar surface area (TPSA) is 39.2 Å². The van der Waals surface area contributed by atoms with Crippen LogP contribution in [0.3, 0.4) is 0 Å². The lowest BCUT2D eigenvalue weighted by Crippen LogP contribution is -2.12. The Hall–Kier alpha value is -2.98. The van der Waals surface area contributed by atoms with Crippen molar-refractivity contribution in [3.05, 3.63) is 93.5 Å². The number of halogens is 1. The van der Waals surface area contributed by atoms with Crippen LogP contribution in [0.5, 0.6) is 5.75 Å². The first-order valence-corrected chi connectivity index (χ1v) is 11.7. The molecule has 0 saturated heterocycles. The summed E-state index contributed by atoms with van der Waals surface area (Å²) in [6.45, 7) is 8.34. The molecule has 1 aromatic heterocycles. The van der Waals surface area contributed by atoms with E-state index in [9.17, 15) is 4.79 Å². The van der Waals surface area contributed by atoms with Crippen molar-refractivity contribution in [1.82, 2.24) is 4.98 Å². The summed E-state index contributed by atoms with van der Waals surface area (Å²) >= 11 is 3.48. The summed E-state index contributed by atoms with van der Waals surface area (Å²) in [7, 11) is 0. The van der Waals surface area contributed by atoms with Crippen LogP contribution < -0.4 is 4.74 Å². The third kappa shape index (κ3) is 4.46. The average Bonchev–Trinajstić information content (AvgIpc) is 2.79. The molecule has 32 heavy (non-hydrogen) atoms. The highest BCUT2D eigenvalue weighted by Crippen LogP contribution is 2.32. The first kappa shape index (κ1) is 22.2. The van der Waals surface area contributed by atoms with Gasteiger partial charge >= 0.3 is 5.97 Å². The number of hydrogen-bond acceptors (Lipinski definition) is 3. The van der Waals surface area contributed by atoms with Crippen molar-refractivity contribution in [3.8, 4) is 17.0 Å². The molecule has 1 heterocycles. The highest BCUT2D eigenvalue weighted by molar-refractivity contribution is 9.10. The predicted octanol–water partition coefficient (Wildman–Crippen LogP) is 8.01. The van der Waals surface area contributed by atoms with Crippen LogP contribution >= 0.6 is 15.9 Å². The number of para-hydroxylation sites is 1. The zero-order chi connectivity index (χ0) is 22.8. The lowest BCUT2D eigenvalue weighted by molar-refractivity contribution is 0.0734. The molecule has 0 amide bonds. The summed E-state index contributed by atoms with van der Waals surface area (Å²) in [6.07, 6.45) is 0.971. The normalized spacial score (nSPS) is 12.0. The summed E-state index contributed by atoms with van der Waals surface area (Å²) < 4.78 is 6.97. The third-order valence-electron chi connectivity index (χ3n) is 5.87. The van der Waals surface area contributed by atoms with Gasteiger partial charge < -0.3 is 4.74 Å². The van der Waals surface area contributed by atoms with Crippen LogP contribution in [-0.2, 0) is 0 Å². The van der Waals surface area contributed by atoms with E-state index in [2.05, 4.69) is 35.8 Å². The van der Waals surface area contributed by atoms with Gasteiger partial charge in [0.25, 0.3) is 0 Å². The number of carbonyl (C=O) groups is 1. The Morgan fingerprint density at radius 2 is 1.75 bits per heavy atom. The van der Waals surface area contributed by atoms with Crippen LogP contribution in [0.4, 0.5) is 0 Å². The Morgan fingerprint density at radius 1 is 1.03 bits per heavy atom. The van der Waals surface area contributed by atoms with Crippen LogP contribution in [0.1, 0.15) is 53.2 Å². The smallest absolute Gasteiger partial charge is 0.344 e. The Balaban J connectivity index is 1.86. The minimum atomic E-state index is -0.364. The van der Waals surface area contributed by atoms with E-state index in [1.165, 1.54) is 0 Å². The summed E-state index contributed by atoms with van der Waals surface area (Å²) in [5.41, 5.74) is 6.21. The molecule has 0 aliphatic rings. The van der Waals surface area contributed by atoms with Gasteiger partial charge in [-0.1, -0.05) is 71.7 Å². The molecule has 3 aromatic carbocycles. The lowest BCUT2D eigenvalue weighted by atomic mass is 9.97. The quantitative estimate of drug-likeness (QED) is 0.211. The molecule has 162 valence electrons. The number of esters is 1. The SMILES string of the molecule is CCC(C)c1ccccc1OC(=O)c1cc(-c2ccc(Br)cc2)nc2c(C)cc(C)cc12. The third-order valence-corrected chi connectivity index (χ3v) is 6.40. The molecule has 4 aromatic rings. The molecule has 3 nitrogen and oxygen atoms in total. The number of hydrogen-bond donors (Lipinski definition) is 0. The van der Waals surface area contributed by atoms with Gasteiger partial charge in [0.05, 0.1) is 16.8 Å². The van der Waals surface area contributed by atoms with Gasteiger partial charge in [0.1, 0.15) is 5.75 Å². The van der Waals surface area contributed by atoms with Gasteiger partial charge in [-0.3, -0.25) is 0 Å². The fraction of sp³-hybridized carbons (Fsp3) is 0.214. The van der Waals surface area contributed by atoms with Crippen molar-refractivity contribution in [3.63, 3.8) is 0 Å². The molecule has 1 unspecified atom stereocenters. The van der Waals surface area contributed by atoms with E-state index in [0.717, 1.165) is 49.7 Å². The highest BCUT2D eigenvalue weighted by atomic mass is 79.9. The van der Waals surface area contributed by atoms with Crippen molar-refractivity contribution in [2.75, 3.05) is 0 Å². The molecular weight excluding hydrogens is 462 g/mol. The highest BCUT2D eigenvalue weighted by Gasteiger charge is 2.20. The van der Waals surface area contributed by atoms with Crippen LogP contribution in [0.2, 0.25) is 0 Å². The molecule has 0 aliphatic carbocycles. The number of carbonyl (C=O) groups excluding carboxylic acids is 1. The monoisotopic (exact) mass is 487 g/mol. The molecule has 0 radical (unpaired) electrons. The minimum absolute atomic E-state index is 0.302. The number of pyridine rings is 1. The maximum Gasteiger partial charge on any atom is 0.344 e. The van der Waals surface area contributed by atoms with E-state index < -0.39 is 0 Å². The van der Waals surface area contributed by atoms with Crippen molar-refractivity contribution in [2.45, 2.75) is 40.0 Å². The zero-order valence-corrected chi connectivity index (χ0v) is 20.4. The van der Waals surface area contributed by atoms with Crippen LogP contribution in [0, 0.1) is 13.8 Å². The maximum absolute atomic E-state index is 13.5. The Morgan fingerprint density at radius 3 is 2.47 bits per heavy atom. The fourth-order valence-electron chi connectivity index (χ4n) is 3.97. The van der Waals surface area contributed by atoms with E-state index >= 15 is 0 Å². The van der Waals surface area contributed by atoms with Gasteiger partial charge in [0, 0.05) is 15.4 Å². The number of aromatic nitrogens is 1. The number of benzene rings is 3. The van der Waals surface area contributed by atoms with Crippen molar-refractivity contribution < 1.29 is 9.53 Å². The molecular formula is C28H26BrNO2. The zero-order valence-electron chi connectivity index (χ0n) is 18.8. The Labute approximate surface area is 197 Å². The average molecular weight is 488 g/mol. The molecule has 0 aliphatic heterocycles. The van der Waals surface area contributed by atoms with Gasteiger partial charge in [-0.2, -0.15) is 0 Å². The second kappa shape index (κ2) is 9.25. The van der Waals surface area contributed by atoms with E-state index in [4.69, 9.17) is 9.72 Å². The minimum Gasteiger partial charge on any atom is -0.423 e. The first-order chi connectivity index (χ1) is 15.4. The first-order valence-electron chi connectivity index (χ1n) is 10.9. The fourth-order valence-corrected chi connectivity index (χ4v) is 4.24. The Bertz CT molecular complexity index is 1300. The summed E-state index contributed by atoms with van der Waals surface area (Å²) in [5.74, 6) is 0.555. The van der Waals surface area contributed by atoms with Crippen molar-refractivity contribution in [1.29, 1.82) is 0 Å². The predicted molar refractivity (Wildman–Crippen MR) is 134 cm³/mol. The second-order valence-electron chi connectivity index (χ2n) is 8.28. The van der Waals surface area contributed by atoms with Crippen molar-refractivity contribution >= 4 is 32.8 Å². The van der Waals surface area contributed by atoms with Gasteiger partial charge in [-0.15, -0.1) is 0 Å². The van der Waals surface area contributed by atoms with Gasteiger partial charge in [-0.05, 0) is 67.6 Å².